The molecule has 0 unspecified atom stereocenters. The fraction of sp³-hybridized carbons (Fsp3) is 0.292. The maximum atomic E-state index is 12.6. The van der Waals surface area contributed by atoms with Crippen molar-refractivity contribution in [3.63, 3.8) is 0 Å². The zero-order chi connectivity index (χ0) is 21.1. The molecule has 2 aromatic heterocycles. The van der Waals surface area contributed by atoms with Gasteiger partial charge in [-0.15, -0.1) is 0 Å². The summed E-state index contributed by atoms with van der Waals surface area (Å²) in [5.41, 5.74) is 3.32. The van der Waals surface area contributed by atoms with E-state index in [1.165, 1.54) is 0 Å². The number of aromatic nitrogens is 2. The molecule has 0 spiro atoms. The molecular formula is C24H24N4O2. The minimum absolute atomic E-state index is 0.216. The molecule has 2 N–H and O–H groups in total. The molecule has 1 fully saturated rings. The summed E-state index contributed by atoms with van der Waals surface area (Å²) in [4.78, 5) is 17.1. The van der Waals surface area contributed by atoms with Gasteiger partial charge in [0.15, 0.2) is 0 Å². The second-order valence-electron chi connectivity index (χ2n) is 7.96. The third kappa shape index (κ3) is 3.98. The van der Waals surface area contributed by atoms with Crippen LogP contribution in [0.5, 0.6) is 0 Å². The van der Waals surface area contributed by atoms with Gasteiger partial charge in [0.1, 0.15) is 0 Å². The van der Waals surface area contributed by atoms with Gasteiger partial charge < -0.3 is 15.0 Å². The average molecular weight is 400 g/mol. The lowest BCUT2D eigenvalue weighted by atomic mass is 9.72. The summed E-state index contributed by atoms with van der Waals surface area (Å²) in [5, 5.41) is 22.3. The van der Waals surface area contributed by atoms with Gasteiger partial charge in [0.05, 0.1) is 40.7 Å². The maximum Gasteiger partial charge on any atom is 0.257 e. The second-order valence-corrected chi connectivity index (χ2v) is 7.96. The number of aliphatic hydroxyl groups excluding tert-OH is 1. The van der Waals surface area contributed by atoms with Crippen molar-refractivity contribution in [1.82, 2.24) is 9.55 Å². The number of pyridine rings is 1. The summed E-state index contributed by atoms with van der Waals surface area (Å²) in [5.74, 6) is -0.216. The minimum Gasteiger partial charge on any atom is -0.393 e. The quantitative estimate of drug-likeness (QED) is 0.689. The molecule has 152 valence electrons. The maximum absolute atomic E-state index is 12.6. The van der Waals surface area contributed by atoms with Gasteiger partial charge in [-0.3, -0.25) is 9.78 Å². The van der Waals surface area contributed by atoms with E-state index >= 15 is 0 Å². The first kappa shape index (κ1) is 19.9. The number of nitrogens with zero attached hydrogens (tertiary/aromatic N) is 3. The summed E-state index contributed by atoms with van der Waals surface area (Å²) < 4.78 is 1.91. The van der Waals surface area contributed by atoms with Crippen LogP contribution in [-0.2, 0) is 5.41 Å². The zero-order valence-corrected chi connectivity index (χ0v) is 16.9. The predicted octanol–water partition coefficient (Wildman–Crippen LogP) is 4.13. The number of aliphatic hydroxyl groups is 1. The summed E-state index contributed by atoms with van der Waals surface area (Å²) in [6, 6.07) is 15.8. The van der Waals surface area contributed by atoms with Crippen molar-refractivity contribution in [3.05, 3.63) is 77.9 Å². The highest BCUT2D eigenvalue weighted by Gasteiger charge is 2.37. The first-order chi connectivity index (χ1) is 14.5. The van der Waals surface area contributed by atoms with Crippen molar-refractivity contribution in [3.8, 4) is 11.8 Å². The van der Waals surface area contributed by atoms with Gasteiger partial charge in [-0.1, -0.05) is 12.1 Å². The Morgan fingerprint density at radius 2 is 2.07 bits per heavy atom. The predicted molar refractivity (Wildman–Crippen MR) is 114 cm³/mol. The molecule has 6 heteroatoms. The van der Waals surface area contributed by atoms with Gasteiger partial charge in [-0.2, -0.15) is 5.26 Å². The van der Waals surface area contributed by atoms with E-state index < -0.39 is 5.41 Å². The van der Waals surface area contributed by atoms with E-state index in [2.05, 4.69) is 22.4 Å². The Morgan fingerprint density at radius 3 is 2.73 bits per heavy atom. The Labute approximate surface area is 175 Å². The van der Waals surface area contributed by atoms with Gasteiger partial charge in [-0.05, 0) is 68.5 Å². The highest BCUT2D eigenvalue weighted by atomic mass is 16.3. The van der Waals surface area contributed by atoms with E-state index in [-0.39, 0.29) is 12.0 Å². The minimum atomic E-state index is -0.660. The van der Waals surface area contributed by atoms with Gasteiger partial charge in [0.2, 0.25) is 0 Å². The number of carbonyl (C=O) groups is 1. The van der Waals surface area contributed by atoms with Crippen molar-refractivity contribution in [2.75, 3.05) is 5.32 Å². The number of aryl methyl sites for hydroxylation is 1. The molecule has 0 bridgehead atoms. The average Bonchev–Trinajstić information content (AvgIpc) is 3.26. The molecule has 0 aliphatic heterocycles. The molecule has 1 aliphatic rings. The van der Waals surface area contributed by atoms with Crippen LogP contribution in [-0.4, -0.2) is 26.7 Å². The number of nitriles is 1. The number of anilines is 1. The summed E-state index contributed by atoms with van der Waals surface area (Å²) in [7, 11) is 0. The van der Waals surface area contributed by atoms with Crippen LogP contribution in [0.4, 0.5) is 5.69 Å². The molecule has 1 aliphatic carbocycles. The lowest BCUT2D eigenvalue weighted by molar-refractivity contribution is 0.102. The Balaban J connectivity index is 1.46. The van der Waals surface area contributed by atoms with Gasteiger partial charge in [0, 0.05) is 18.1 Å². The Kier molecular flexibility index (Phi) is 5.39. The Bertz CT molecular complexity index is 1090. The van der Waals surface area contributed by atoms with Crippen LogP contribution >= 0.6 is 0 Å². The zero-order valence-electron chi connectivity index (χ0n) is 16.9. The van der Waals surface area contributed by atoms with Gasteiger partial charge in [-0.25, -0.2) is 0 Å². The fourth-order valence-corrected chi connectivity index (χ4v) is 3.95. The van der Waals surface area contributed by atoms with Crippen LogP contribution in [0.1, 0.15) is 47.3 Å². The molecule has 6 nitrogen and oxygen atoms in total. The van der Waals surface area contributed by atoms with E-state index in [0.717, 1.165) is 11.3 Å². The topological polar surface area (TPSA) is 90.9 Å². The molecule has 2 heterocycles. The van der Waals surface area contributed by atoms with Crippen molar-refractivity contribution >= 4 is 11.6 Å². The number of benzene rings is 1. The molecule has 1 saturated carbocycles. The molecule has 3 aromatic rings. The molecular weight excluding hydrogens is 376 g/mol. The molecule has 1 amide bonds. The van der Waals surface area contributed by atoms with Gasteiger partial charge in [0.25, 0.3) is 5.91 Å². The van der Waals surface area contributed by atoms with E-state index in [9.17, 15) is 15.2 Å². The number of hydrogen-bond donors (Lipinski definition) is 2. The van der Waals surface area contributed by atoms with Crippen molar-refractivity contribution in [2.24, 2.45) is 0 Å². The van der Waals surface area contributed by atoms with E-state index in [4.69, 9.17) is 0 Å². The summed E-state index contributed by atoms with van der Waals surface area (Å²) >= 11 is 0. The highest BCUT2D eigenvalue weighted by Crippen LogP contribution is 2.38. The summed E-state index contributed by atoms with van der Waals surface area (Å²) in [6.07, 6.45) is 7.30. The van der Waals surface area contributed by atoms with E-state index in [1.807, 2.05) is 35.9 Å². The number of carbonyl (C=O) groups excluding carboxylic acids is 1. The Hall–Kier alpha value is -3.43. The molecule has 0 radical (unpaired) electrons. The first-order valence-electron chi connectivity index (χ1n) is 10.1. The van der Waals surface area contributed by atoms with Crippen molar-refractivity contribution < 1.29 is 9.90 Å². The van der Waals surface area contributed by atoms with Crippen LogP contribution in [0.25, 0.3) is 5.69 Å². The van der Waals surface area contributed by atoms with Gasteiger partial charge >= 0.3 is 0 Å². The first-order valence-corrected chi connectivity index (χ1v) is 10.1. The largest absolute Gasteiger partial charge is 0.393 e. The van der Waals surface area contributed by atoms with Crippen LogP contribution in [0.15, 0.2) is 61.1 Å². The third-order valence-corrected chi connectivity index (χ3v) is 5.79. The SMILES string of the molecule is Cc1cccc(-n2ccc(C(=O)Nc3ccc([C@]4(C#N)CC[C@@H](O)CC4)nc3)c2)c1. The molecule has 4 rings (SSSR count). The van der Waals surface area contributed by atoms with Crippen LogP contribution in [0.3, 0.4) is 0 Å². The van der Waals surface area contributed by atoms with Crippen LogP contribution < -0.4 is 5.32 Å². The molecule has 1 aromatic carbocycles. The van der Waals surface area contributed by atoms with Crippen LogP contribution in [0.2, 0.25) is 0 Å². The summed E-state index contributed by atoms with van der Waals surface area (Å²) in [6.45, 7) is 2.03. The van der Waals surface area contributed by atoms with E-state index in [0.29, 0.717) is 42.6 Å². The van der Waals surface area contributed by atoms with Crippen molar-refractivity contribution in [1.29, 1.82) is 5.26 Å². The lowest BCUT2D eigenvalue weighted by Crippen LogP contribution is -2.33. The van der Waals surface area contributed by atoms with E-state index in [1.54, 1.807) is 30.6 Å². The second kappa shape index (κ2) is 8.13. The number of nitrogens with one attached hydrogen (secondary N) is 1. The lowest BCUT2D eigenvalue weighted by Gasteiger charge is -2.32. The third-order valence-electron chi connectivity index (χ3n) is 5.79. The number of rotatable bonds is 4. The monoisotopic (exact) mass is 400 g/mol. The molecule has 0 saturated heterocycles. The standard InChI is InChI=1S/C24H24N4O2/c1-17-3-2-4-20(13-17)28-12-9-18(15-28)23(30)27-19-5-6-22(26-14-19)24(16-25)10-7-21(29)8-11-24/h2-6,9,12-15,21,29H,7-8,10-11H2,1H3,(H,27,30)/t21-,24-. The smallest absolute Gasteiger partial charge is 0.257 e. The normalized spacial score (nSPS) is 21.0. The van der Waals surface area contributed by atoms with Crippen molar-refractivity contribution in [2.45, 2.75) is 44.1 Å². The van der Waals surface area contributed by atoms with Crippen LogP contribution in [0, 0.1) is 18.3 Å². The number of amides is 1. The fourth-order valence-electron chi connectivity index (χ4n) is 3.95. The Morgan fingerprint density at radius 1 is 1.27 bits per heavy atom. The number of hydrogen-bond acceptors (Lipinski definition) is 4. The highest BCUT2D eigenvalue weighted by molar-refractivity contribution is 6.04. The molecule has 30 heavy (non-hydrogen) atoms. The molecule has 0 atom stereocenters.